The second-order valence-corrected chi connectivity index (χ2v) is 5.97. The lowest BCUT2D eigenvalue weighted by Crippen LogP contribution is -2.41. The Balaban J connectivity index is 1.98. The molecule has 0 unspecified atom stereocenters. The van der Waals surface area contributed by atoms with Gasteiger partial charge in [0.2, 0.25) is 0 Å². The Morgan fingerprint density at radius 3 is 2.11 bits per heavy atom. The van der Waals surface area contributed by atoms with E-state index in [0.717, 1.165) is 16.2 Å². The van der Waals surface area contributed by atoms with Crippen molar-refractivity contribution in [3.63, 3.8) is 0 Å². The number of nitrogens with zero attached hydrogens (tertiary/aromatic N) is 2. The number of rotatable bonds is 1. The predicted octanol–water partition coefficient (Wildman–Crippen LogP) is 1.93. The summed E-state index contributed by atoms with van der Waals surface area (Å²) in [5.41, 5.74) is 0.380. The minimum atomic E-state index is -0.331. The molecular weight excluding hydrogens is 239 g/mol. The zero-order valence-electron chi connectivity index (χ0n) is 11.7. The fourth-order valence-electron chi connectivity index (χ4n) is 2.14. The summed E-state index contributed by atoms with van der Waals surface area (Å²) in [5, 5.41) is 9.89. The smallest absolute Gasteiger partial charge is 0.399 e. The normalized spacial score (nSPS) is 20.9. The van der Waals surface area contributed by atoms with Gasteiger partial charge in [-0.05, 0) is 33.2 Å². The summed E-state index contributed by atoms with van der Waals surface area (Å²) in [4.78, 5) is 0. The SMILES string of the molecule is CC1(C)OB(c2ccc3cnncc3c2)OC1(C)C. The third kappa shape index (κ3) is 2.03. The van der Waals surface area contributed by atoms with Crippen molar-refractivity contribution in [1.29, 1.82) is 0 Å². The molecule has 1 aliphatic heterocycles. The van der Waals surface area contributed by atoms with Crippen LogP contribution in [0.5, 0.6) is 0 Å². The van der Waals surface area contributed by atoms with Gasteiger partial charge in [-0.1, -0.05) is 18.2 Å². The van der Waals surface area contributed by atoms with E-state index in [1.165, 1.54) is 0 Å². The van der Waals surface area contributed by atoms with Gasteiger partial charge in [0.15, 0.2) is 0 Å². The average molecular weight is 256 g/mol. The predicted molar refractivity (Wildman–Crippen MR) is 75.3 cm³/mol. The largest absolute Gasteiger partial charge is 0.494 e. The van der Waals surface area contributed by atoms with Crippen LogP contribution < -0.4 is 5.46 Å². The lowest BCUT2D eigenvalue weighted by molar-refractivity contribution is 0.00578. The van der Waals surface area contributed by atoms with Crippen LogP contribution in [-0.4, -0.2) is 28.5 Å². The Kier molecular flexibility index (Phi) is 2.66. The summed E-state index contributed by atoms with van der Waals surface area (Å²) >= 11 is 0. The number of benzene rings is 1. The molecule has 5 heteroatoms. The van der Waals surface area contributed by atoms with Crippen molar-refractivity contribution in [2.45, 2.75) is 38.9 Å². The summed E-state index contributed by atoms with van der Waals surface area (Å²) in [7, 11) is -0.331. The molecule has 0 aliphatic carbocycles. The minimum absolute atomic E-state index is 0.316. The fourth-order valence-corrected chi connectivity index (χ4v) is 2.14. The van der Waals surface area contributed by atoms with Crippen LogP contribution >= 0.6 is 0 Å². The third-order valence-corrected chi connectivity index (χ3v) is 4.10. The van der Waals surface area contributed by atoms with Gasteiger partial charge >= 0.3 is 7.12 Å². The maximum absolute atomic E-state index is 6.04. The molecule has 1 aromatic heterocycles. The molecular formula is C14H17BN2O2. The highest BCUT2D eigenvalue weighted by Crippen LogP contribution is 2.36. The molecule has 0 amide bonds. The van der Waals surface area contributed by atoms with E-state index < -0.39 is 0 Å². The first kappa shape index (κ1) is 12.6. The zero-order chi connectivity index (χ0) is 13.7. The molecule has 0 radical (unpaired) electrons. The fraction of sp³-hybridized carbons (Fsp3) is 0.429. The van der Waals surface area contributed by atoms with E-state index in [9.17, 15) is 0 Å². The molecule has 1 aromatic carbocycles. The van der Waals surface area contributed by atoms with Crippen LogP contribution in [-0.2, 0) is 9.31 Å². The van der Waals surface area contributed by atoms with Gasteiger partial charge in [0.25, 0.3) is 0 Å². The van der Waals surface area contributed by atoms with Crippen molar-refractivity contribution in [2.24, 2.45) is 0 Å². The molecule has 1 aliphatic rings. The first-order valence-electron chi connectivity index (χ1n) is 6.45. The molecule has 0 bridgehead atoms. The molecule has 1 saturated heterocycles. The molecule has 98 valence electrons. The van der Waals surface area contributed by atoms with Crippen LogP contribution in [0.2, 0.25) is 0 Å². The van der Waals surface area contributed by atoms with E-state index in [1.54, 1.807) is 12.4 Å². The van der Waals surface area contributed by atoms with Gasteiger partial charge < -0.3 is 9.31 Å². The summed E-state index contributed by atoms with van der Waals surface area (Å²) in [6.07, 6.45) is 3.51. The molecule has 0 saturated carbocycles. The molecule has 1 fully saturated rings. The van der Waals surface area contributed by atoms with Crippen molar-refractivity contribution >= 4 is 23.4 Å². The molecule has 3 rings (SSSR count). The second-order valence-electron chi connectivity index (χ2n) is 5.97. The lowest BCUT2D eigenvalue weighted by Gasteiger charge is -2.32. The topological polar surface area (TPSA) is 44.2 Å². The zero-order valence-corrected chi connectivity index (χ0v) is 11.7. The van der Waals surface area contributed by atoms with Gasteiger partial charge in [0.1, 0.15) is 0 Å². The minimum Gasteiger partial charge on any atom is -0.399 e. The van der Waals surface area contributed by atoms with Gasteiger partial charge in [0.05, 0.1) is 23.6 Å². The Morgan fingerprint density at radius 1 is 0.895 bits per heavy atom. The molecule has 19 heavy (non-hydrogen) atoms. The molecule has 0 spiro atoms. The van der Waals surface area contributed by atoms with Gasteiger partial charge in [-0.3, -0.25) is 0 Å². The Labute approximate surface area is 113 Å². The number of fused-ring (bicyclic) bond motifs is 1. The number of hydrogen-bond donors (Lipinski definition) is 0. The van der Waals surface area contributed by atoms with E-state index in [2.05, 4.69) is 37.9 Å². The quantitative estimate of drug-likeness (QED) is 0.731. The average Bonchev–Trinajstić information content (AvgIpc) is 2.58. The van der Waals surface area contributed by atoms with Crippen LogP contribution in [0, 0.1) is 0 Å². The number of aromatic nitrogens is 2. The van der Waals surface area contributed by atoms with Crippen molar-refractivity contribution in [1.82, 2.24) is 10.2 Å². The monoisotopic (exact) mass is 256 g/mol. The van der Waals surface area contributed by atoms with E-state index >= 15 is 0 Å². The molecule has 0 atom stereocenters. The van der Waals surface area contributed by atoms with Crippen molar-refractivity contribution in [2.75, 3.05) is 0 Å². The van der Waals surface area contributed by atoms with Crippen LogP contribution in [0.25, 0.3) is 10.8 Å². The Bertz CT molecular complexity index is 612. The first-order valence-corrected chi connectivity index (χ1v) is 6.45. The van der Waals surface area contributed by atoms with Crippen molar-refractivity contribution in [3.8, 4) is 0 Å². The van der Waals surface area contributed by atoms with Crippen LogP contribution in [0.1, 0.15) is 27.7 Å². The van der Waals surface area contributed by atoms with Crippen molar-refractivity contribution in [3.05, 3.63) is 30.6 Å². The highest BCUT2D eigenvalue weighted by molar-refractivity contribution is 6.62. The van der Waals surface area contributed by atoms with Gasteiger partial charge in [0, 0.05) is 10.8 Å². The lowest BCUT2D eigenvalue weighted by atomic mass is 9.78. The standard InChI is InChI=1S/C14H17BN2O2/c1-13(2)14(3,4)19-15(18-13)12-6-5-10-8-16-17-9-11(10)7-12/h5-9H,1-4H3. The van der Waals surface area contributed by atoms with Gasteiger partial charge in [-0.15, -0.1) is 0 Å². The highest BCUT2D eigenvalue weighted by Gasteiger charge is 2.51. The van der Waals surface area contributed by atoms with Crippen LogP contribution in [0.15, 0.2) is 30.6 Å². The summed E-state index contributed by atoms with van der Waals surface area (Å²) in [6.45, 7) is 8.22. The molecule has 2 aromatic rings. The highest BCUT2D eigenvalue weighted by atomic mass is 16.7. The molecule has 4 nitrogen and oxygen atoms in total. The van der Waals surface area contributed by atoms with E-state index in [-0.39, 0.29) is 18.3 Å². The van der Waals surface area contributed by atoms with Gasteiger partial charge in [-0.25, -0.2) is 0 Å². The maximum Gasteiger partial charge on any atom is 0.494 e. The Hall–Kier alpha value is -1.46. The summed E-state index contributed by atoms with van der Waals surface area (Å²) < 4.78 is 12.1. The molecule has 0 N–H and O–H groups in total. The van der Waals surface area contributed by atoms with E-state index in [4.69, 9.17) is 9.31 Å². The maximum atomic E-state index is 6.04. The van der Waals surface area contributed by atoms with Crippen LogP contribution in [0.4, 0.5) is 0 Å². The van der Waals surface area contributed by atoms with Gasteiger partial charge in [-0.2, -0.15) is 10.2 Å². The van der Waals surface area contributed by atoms with E-state index in [0.29, 0.717) is 0 Å². The second kappa shape index (κ2) is 4.02. The molecule has 2 heterocycles. The third-order valence-electron chi connectivity index (χ3n) is 4.10. The van der Waals surface area contributed by atoms with E-state index in [1.807, 2.05) is 18.2 Å². The Morgan fingerprint density at radius 2 is 1.47 bits per heavy atom. The summed E-state index contributed by atoms with van der Waals surface area (Å²) in [5.74, 6) is 0. The number of hydrogen-bond acceptors (Lipinski definition) is 4. The van der Waals surface area contributed by atoms with Crippen LogP contribution in [0.3, 0.4) is 0 Å². The van der Waals surface area contributed by atoms with Crippen molar-refractivity contribution < 1.29 is 9.31 Å². The first-order chi connectivity index (χ1) is 8.89. The summed E-state index contributed by atoms with van der Waals surface area (Å²) in [6, 6.07) is 6.09.